The average molecular weight is 704 g/mol. The molecule has 2 atom stereocenters. The Morgan fingerprint density at radius 2 is 1.93 bits per heavy atom. The molecule has 5 rings (SSSR count). The lowest BCUT2D eigenvalue weighted by atomic mass is 9.91. The van der Waals surface area contributed by atoms with Crippen molar-refractivity contribution in [1.29, 1.82) is 0 Å². The summed E-state index contributed by atoms with van der Waals surface area (Å²) in [6, 6.07) is 19.1. The Morgan fingerprint density at radius 1 is 1.14 bits per heavy atom. The molecule has 1 aliphatic carbocycles. The lowest BCUT2D eigenvalue weighted by Crippen LogP contribution is -2.35. The van der Waals surface area contributed by atoms with Gasteiger partial charge in [-0.05, 0) is 74.3 Å². The number of rotatable bonds is 10. The standard InChI is InChI=1S/C32H33ClF2IN5O/c1-2-25(16-15-21-9-4-3-5-10-21)38-30(42)28-26-14-7-6-12-23(19-22-11-8-13-24(33)20-22)29(26)41(40-28)31-37-18-17-27(39-31)32(34,35)36/h3-5,8-11,13,17-18,20,23,25H,2,6-7,12,14-16,19H2,1H3,(H,38,42)/t23?,25-/m0/s1. The second-order valence-electron chi connectivity index (χ2n) is 10.7. The third-order valence-corrected chi connectivity index (χ3v) is 8.59. The van der Waals surface area contributed by atoms with Gasteiger partial charge in [-0.2, -0.15) is 13.9 Å². The maximum atomic E-state index is 14.3. The van der Waals surface area contributed by atoms with Crippen LogP contribution >= 0.6 is 34.2 Å². The monoisotopic (exact) mass is 703 g/mol. The van der Waals surface area contributed by atoms with E-state index in [4.69, 9.17) is 16.7 Å². The van der Waals surface area contributed by atoms with E-state index in [2.05, 4.69) is 34.3 Å². The van der Waals surface area contributed by atoms with Crippen molar-refractivity contribution in [3.63, 3.8) is 0 Å². The third-order valence-electron chi connectivity index (χ3n) is 7.80. The number of benzene rings is 2. The second-order valence-corrected chi connectivity index (χ2v) is 12.5. The Hall–Kier alpha value is -2.92. The first-order chi connectivity index (χ1) is 20.2. The van der Waals surface area contributed by atoms with Gasteiger partial charge in [-0.3, -0.25) is 4.79 Å². The molecular formula is C32H33ClF2IN5O. The van der Waals surface area contributed by atoms with Gasteiger partial charge in [0.25, 0.3) is 11.9 Å². The van der Waals surface area contributed by atoms with E-state index in [0.29, 0.717) is 23.6 Å². The summed E-state index contributed by atoms with van der Waals surface area (Å²) in [5.41, 5.74) is 3.83. The van der Waals surface area contributed by atoms with Crippen LogP contribution in [-0.4, -0.2) is 31.7 Å². The van der Waals surface area contributed by atoms with Crippen molar-refractivity contribution in [2.24, 2.45) is 0 Å². The van der Waals surface area contributed by atoms with Gasteiger partial charge in [-0.15, -0.1) is 0 Å². The summed E-state index contributed by atoms with van der Waals surface area (Å²) >= 11 is 7.36. The maximum absolute atomic E-state index is 14.3. The molecule has 42 heavy (non-hydrogen) atoms. The van der Waals surface area contributed by atoms with Crippen molar-refractivity contribution in [2.75, 3.05) is 0 Å². The molecular weight excluding hydrogens is 671 g/mol. The Labute approximate surface area is 263 Å². The first-order valence-electron chi connectivity index (χ1n) is 14.3. The van der Waals surface area contributed by atoms with Gasteiger partial charge in [0, 0.05) is 51.3 Å². The van der Waals surface area contributed by atoms with Crippen LogP contribution in [0.3, 0.4) is 0 Å². The highest BCUT2D eigenvalue weighted by molar-refractivity contribution is 14.1. The third kappa shape index (κ3) is 7.34. The highest BCUT2D eigenvalue weighted by atomic mass is 127. The molecule has 0 bridgehead atoms. The number of hydrogen-bond acceptors (Lipinski definition) is 4. The van der Waals surface area contributed by atoms with Crippen molar-refractivity contribution >= 4 is 40.1 Å². The number of aryl methyl sites for hydroxylation is 1. The summed E-state index contributed by atoms with van der Waals surface area (Å²) in [5, 5.41) is 8.60. The number of nitrogens with one attached hydrogen (secondary N) is 1. The molecule has 0 aliphatic heterocycles. The van der Waals surface area contributed by atoms with Crippen molar-refractivity contribution < 1.29 is 13.6 Å². The van der Waals surface area contributed by atoms with E-state index in [1.165, 1.54) is 22.5 Å². The maximum Gasteiger partial charge on any atom is 0.338 e. The Bertz CT molecular complexity index is 1530. The molecule has 1 N–H and O–H groups in total. The highest BCUT2D eigenvalue weighted by Crippen LogP contribution is 2.37. The number of amides is 1. The van der Waals surface area contributed by atoms with Gasteiger partial charge in [0.05, 0.1) is 5.69 Å². The molecule has 6 nitrogen and oxygen atoms in total. The van der Waals surface area contributed by atoms with E-state index in [0.717, 1.165) is 77.9 Å². The average Bonchev–Trinajstić information content (AvgIpc) is 3.25. The predicted octanol–water partition coefficient (Wildman–Crippen LogP) is 7.99. The zero-order valence-electron chi connectivity index (χ0n) is 23.4. The van der Waals surface area contributed by atoms with Crippen LogP contribution in [0.5, 0.6) is 0 Å². The van der Waals surface area contributed by atoms with Crippen LogP contribution in [0.4, 0.5) is 8.78 Å². The molecule has 2 heterocycles. The highest BCUT2D eigenvalue weighted by Gasteiger charge is 2.34. The zero-order valence-corrected chi connectivity index (χ0v) is 26.3. The van der Waals surface area contributed by atoms with E-state index in [9.17, 15) is 13.6 Å². The first kappa shape index (κ1) is 30.5. The fourth-order valence-corrected chi connectivity index (χ4v) is 6.18. The van der Waals surface area contributed by atoms with Crippen LogP contribution in [0.1, 0.15) is 83.5 Å². The van der Waals surface area contributed by atoms with Crippen LogP contribution in [-0.2, 0) is 23.2 Å². The quantitative estimate of drug-likeness (QED) is 0.103. The molecule has 0 saturated carbocycles. The molecule has 0 radical (unpaired) electrons. The molecule has 4 aromatic rings. The predicted molar refractivity (Wildman–Crippen MR) is 169 cm³/mol. The van der Waals surface area contributed by atoms with Crippen molar-refractivity contribution in [2.45, 2.75) is 74.2 Å². The van der Waals surface area contributed by atoms with Crippen LogP contribution in [0.2, 0.25) is 5.02 Å². The van der Waals surface area contributed by atoms with E-state index in [1.807, 2.05) is 42.5 Å². The number of carbonyl (C=O) groups is 1. The number of fused-ring (bicyclic) bond motifs is 1. The largest absolute Gasteiger partial charge is 0.348 e. The zero-order chi connectivity index (χ0) is 29.7. The SMILES string of the molecule is CC[C@@H](CCc1ccccc1)NC(=O)c1nn(-c2nccc(C(F)(F)I)n2)c2c1CCCCC2Cc1cccc(Cl)c1. The summed E-state index contributed by atoms with van der Waals surface area (Å²) in [6.45, 7) is 2.06. The Balaban J connectivity index is 1.52. The van der Waals surface area contributed by atoms with Gasteiger partial charge in [0.15, 0.2) is 5.69 Å². The molecule has 2 aromatic heterocycles. The fourth-order valence-electron chi connectivity index (χ4n) is 5.67. The lowest BCUT2D eigenvalue weighted by Gasteiger charge is -2.18. The summed E-state index contributed by atoms with van der Waals surface area (Å²) in [5.74, 6) is -0.251. The normalized spacial score (nSPS) is 16.0. The van der Waals surface area contributed by atoms with E-state index < -0.39 is 9.62 Å². The minimum Gasteiger partial charge on any atom is -0.348 e. The van der Waals surface area contributed by atoms with Gasteiger partial charge >= 0.3 is 3.93 Å². The number of nitrogens with zero attached hydrogens (tertiary/aromatic N) is 4. The first-order valence-corrected chi connectivity index (χ1v) is 15.8. The number of carbonyl (C=O) groups excluding carboxylic acids is 1. The molecule has 1 unspecified atom stereocenters. The van der Waals surface area contributed by atoms with Crippen LogP contribution in [0, 0.1) is 0 Å². The van der Waals surface area contributed by atoms with Gasteiger partial charge in [-0.1, -0.05) is 67.4 Å². The van der Waals surface area contributed by atoms with Gasteiger partial charge < -0.3 is 5.32 Å². The van der Waals surface area contributed by atoms with Gasteiger partial charge in [0.2, 0.25) is 0 Å². The summed E-state index contributed by atoms with van der Waals surface area (Å²) in [4.78, 5) is 22.4. The molecule has 0 spiro atoms. The number of halogens is 4. The Morgan fingerprint density at radius 3 is 2.67 bits per heavy atom. The topological polar surface area (TPSA) is 72.7 Å². The van der Waals surface area contributed by atoms with Crippen LogP contribution < -0.4 is 5.32 Å². The molecule has 1 amide bonds. The molecule has 220 valence electrons. The van der Waals surface area contributed by atoms with E-state index in [1.54, 1.807) is 0 Å². The minimum absolute atomic E-state index is 0.0255. The number of aromatic nitrogens is 4. The molecule has 0 fully saturated rings. The van der Waals surface area contributed by atoms with Crippen LogP contribution in [0.25, 0.3) is 5.95 Å². The van der Waals surface area contributed by atoms with Crippen molar-refractivity contribution in [1.82, 2.24) is 25.1 Å². The molecule has 0 saturated heterocycles. The minimum atomic E-state index is -3.17. The molecule has 10 heteroatoms. The lowest BCUT2D eigenvalue weighted by molar-refractivity contribution is 0.0927. The Kier molecular flexibility index (Phi) is 9.88. The summed E-state index contributed by atoms with van der Waals surface area (Å²) in [6.07, 6.45) is 7.76. The number of hydrogen-bond donors (Lipinski definition) is 1. The summed E-state index contributed by atoms with van der Waals surface area (Å²) in [7, 11) is 0. The molecule has 1 aliphatic rings. The van der Waals surface area contributed by atoms with Crippen molar-refractivity contribution in [3.8, 4) is 5.95 Å². The van der Waals surface area contributed by atoms with E-state index >= 15 is 0 Å². The summed E-state index contributed by atoms with van der Waals surface area (Å²) < 4.78 is 26.9. The smallest absolute Gasteiger partial charge is 0.338 e. The van der Waals surface area contributed by atoms with Crippen molar-refractivity contribution in [3.05, 3.63) is 106 Å². The van der Waals surface area contributed by atoms with Gasteiger partial charge in [0.1, 0.15) is 5.69 Å². The van der Waals surface area contributed by atoms with Crippen LogP contribution in [0.15, 0.2) is 66.9 Å². The second kappa shape index (κ2) is 13.6. The fraction of sp³-hybridized carbons (Fsp3) is 0.375. The number of alkyl halides is 3. The molecule has 2 aromatic carbocycles. The van der Waals surface area contributed by atoms with Gasteiger partial charge in [-0.25, -0.2) is 14.6 Å². The van der Waals surface area contributed by atoms with E-state index in [-0.39, 0.29) is 23.8 Å².